The van der Waals surface area contributed by atoms with Crippen molar-refractivity contribution in [2.75, 3.05) is 4.72 Å². The highest BCUT2D eigenvalue weighted by atomic mass is 35.5. The number of hydrogen-bond donors (Lipinski definition) is 1. The maximum atomic E-state index is 12.1. The molecule has 0 aliphatic heterocycles. The first-order chi connectivity index (χ1) is 8.87. The maximum absolute atomic E-state index is 12.1. The summed E-state index contributed by atoms with van der Waals surface area (Å²) in [6.07, 6.45) is 0. The van der Waals surface area contributed by atoms with Crippen LogP contribution in [0, 0.1) is 6.92 Å². The quantitative estimate of drug-likeness (QED) is 0.698. The molecule has 1 N–H and O–H groups in total. The van der Waals surface area contributed by atoms with Gasteiger partial charge in [-0.25, -0.2) is 13.4 Å². The first-order valence-corrected chi connectivity index (χ1v) is 7.40. The van der Waals surface area contributed by atoms with E-state index >= 15 is 0 Å². The Hall–Kier alpha value is -1.37. The molecular weight excluding hydrogens is 309 g/mol. The van der Waals surface area contributed by atoms with Gasteiger partial charge in [-0.15, -0.1) is 0 Å². The number of aryl methyl sites for hydroxylation is 1. The summed E-state index contributed by atoms with van der Waals surface area (Å²) in [5, 5.41) is -0.0728. The maximum Gasteiger partial charge on any atom is 0.263 e. The molecule has 0 bridgehead atoms. The zero-order valence-electron chi connectivity index (χ0n) is 9.76. The molecular formula is C11H9Cl2N3O2S. The average molecular weight is 318 g/mol. The van der Waals surface area contributed by atoms with Crippen molar-refractivity contribution >= 4 is 39.0 Å². The Balaban J connectivity index is 2.36. The fraction of sp³-hybridized carbons (Fsp3) is 0.0909. The van der Waals surface area contributed by atoms with Crippen LogP contribution in [0.2, 0.25) is 10.4 Å². The second kappa shape index (κ2) is 5.32. The molecule has 1 aromatic heterocycles. The van der Waals surface area contributed by atoms with E-state index in [1.807, 2.05) is 0 Å². The Morgan fingerprint density at radius 1 is 1.16 bits per heavy atom. The lowest BCUT2D eigenvalue weighted by atomic mass is 10.2. The first-order valence-electron chi connectivity index (χ1n) is 5.16. The van der Waals surface area contributed by atoms with Crippen LogP contribution < -0.4 is 4.72 Å². The first kappa shape index (κ1) is 14.0. The lowest BCUT2D eigenvalue weighted by Gasteiger charge is -2.08. The van der Waals surface area contributed by atoms with Crippen LogP contribution in [-0.2, 0) is 10.0 Å². The summed E-state index contributed by atoms with van der Waals surface area (Å²) in [4.78, 5) is 7.52. The highest BCUT2D eigenvalue weighted by Crippen LogP contribution is 2.19. The fourth-order valence-corrected chi connectivity index (χ4v) is 2.93. The summed E-state index contributed by atoms with van der Waals surface area (Å²) in [5.41, 5.74) is 0.835. The molecule has 0 spiro atoms. The number of sulfonamides is 1. The fourth-order valence-electron chi connectivity index (χ4n) is 1.42. The van der Waals surface area contributed by atoms with Gasteiger partial charge in [-0.3, -0.25) is 4.72 Å². The summed E-state index contributed by atoms with van der Waals surface area (Å²) < 4.78 is 26.5. The molecule has 0 amide bonds. The highest BCUT2D eigenvalue weighted by Gasteiger charge is 2.15. The van der Waals surface area contributed by atoms with Crippen LogP contribution >= 0.6 is 23.2 Å². The number of benzene rings is 1. The second-order valence-electron chi connectivity index (χ2n) is 3.77. The van der Waals surface area contributed by atoms with Gasteiger partial charge in [0.2, 0.25) is 5.28 Å². The Kier molecular flexibility index (Phi) is 3.93. The standard InChI is InChI=1S/C11H9Cl2N3O2S/c1-7-3-2-4-8(5-7)19(17,18)16-10-6-9(12)14-11(13)15-10/h2-6H,1H3,(H,14,15,16). The van der Waals surface area contributed by atoms with Crippen molar-refractivity contribution in [3.63, 3.8) is 0 Å². The zero-order valence-corrected chi connectivity index (χ0v) is 12.1. The molecule has 0 saturated carbocycles. The number of aromatic nitrogens is 2. The summed E-state index contributed by atoms with van der Waals surface area (Å²) >= 11 is 11.3. The Morgan fingerprint density at radius 3 is 2.53 bits per heavy atom. The van der Waals surface area contributed by atoms with Crippen LogP contribution in [0.5, 0.6) is 0 Å². The predicted octanol–water partition coefficient (Wildman–Crippen LogP) is 2.89. The minimum atomic E-state index is -3.73. The van der Waals surface area contributed by atoms with Crippen molar-refractivity contribution in [1.82, 2.24) is 9.97 Å². The SMILES string of the molecule is Cc1cccc(S(=O)(=O)Nc2cc(Cl)nc(Cl)n2)c1. The molecule has 0 aliphatic rings. The molecule has 0 radical (unpaired) electrons. The Labute approximate surface area is 120 Å². The molecule has 1 aromatic carbocycles. The van der Waals surface area contributed by atoms with Gasteiger partial charge >= 0.3 is 0 Å². The van der Waals surface area contributed by atoms with Gasteiger partial charge in [-0.1, -0.05) is 23.7 Å². The summed E-state index contributed by atoms with van der Waals surface area (Å²) in [6, 6.07) is 7.77. The van der Waals surface area contributed by atoms with E-state index in [4.69, 9.17) is 23.2 Å². The van der Waals surface area contributed by atoms with Crippen LogP contribution in [0.15, 0.2) is 35.2 Å². The molecule has 0 atom stereocenters. The summed E-state index contributed by atoms with van der Waals surface area (Å²) in [5.74, 6) is 0.0199. The summed E-state index contributed by atoms with van der Waals surface area (Å²) in [6.45, 7) is 1.80. The molecule has 2 rings (SSSR count). The van der Waals surface area contributed by atoms with Gasteiger partial charge in [0.25, 0.3) is 10.0 Å². The molecule has 0 saturated heterocycles. The van der Waals surface area contributed by atoms with Gasteiger partial charge in [0.15, 0.2) is 0 Å². The lowest BCUT2D eigenvalue weighted by molar-refractivity contribution is 0.601. The van der Waals surface area contributed by atoms with Gasteiger partial charge in [0, 0.05) is 6.07 Å². The lowest BCUT2D eigenvalue weighted by Crippen LogP contribution is -2.14. The number of rotatable bonds is 3. The Morgan fingerprint density at radius 2 is 1.89 bits per heavy atom. The monoisotopic (exact) mass is 317 g/mol. The zero-order chi connectivity index (χ0) is 14.0. The molecule has 8 heteroatoms. The largest absolute Gasteiger partial charge is 0.263 e. The minimum Gasteiger partial charge on any atom is -0.263 e. The van der Waals surface area contributed by atoms with E-state index in [2.05, 4.69) is 14.7 Å². The topological polar surface area (TPSA) is 72.0 Å². The van der Waals surface area contributed by atoms with Gasteiger partial charge in [0.1, 0.15) is 11.0 Å². The van der Waals surface area contributed by atoms with Crippen LogP contribution in [0.25, 0.3) is 0 Å². The summed E-state index contributed by atoms with van der Waals surface area (Å²) in [7, 11) is -3.73. The predicted molar refractivity (Wildman–Crippen MR) is 74.0 cm³/mol. The van der Waals surface area contributed by atoms with Crippen molar-refractivity contribution in [3.8, 4) is 0 Å². The molecule has 100 valence electrons. The minimum absolute atomic E-state index is 0.0199. The van der Waals surface area contributed by atoms with E-state index in [1.54, 1.807) is 25.1 Å². The molecule has 19 heavy (non-hydrogen) atoms. The second-order valence-corrected chi connectivity index (χ2v) is 6.17. The normalized spacial score (nSPS) is 11.3. The molecule has 0 fully saturated rings. The Bertz CT molecular complexity index is 699. The van der Waals surface area contributed by atoms with E-state index in [9.17, 15) is 8.42 Å². The van der Waals surface area contributed by atoms with Gasteiger partial charge < -0.3 is 0 Å². The average Bonchev–Trinajstić information content (AvgIpc) is 2.26. The third-order valence-electron chi connectivity index (χ3n) is 2.21. The van der Waals surface area contributed by atoms with E-state index in [1.165, 1.54) is 12.1 Å². The number of halogens is 2. The number of anilines is 1. The smallest absolute Gasteiger partial charge is 0.263 e. The van der Waals surface area contributed by atoms with E-state index in [0.29, 0.717) is 0 Å². The number of hydrogen-bond acceptors (Lipinski definition) is 4. The third kappa shape index (κ3) is 3.56. The van der Waals surface area contributed by atoms with Crippen LogP contribution in [0.1, 0.15) is 5.56 Å². The van der Waals surface area contributed by atoms with Crippen LogP contribution in [0.3, 0.4) is 0 Å². The van der Waals surface area contributed by atoms with E-state index in [-0.39, 0.29) is 21.2 Å². The van der Waals surface area contributed by atoms with Crippen LogP contribution in [-0.4, -0.2) is 18.4 Å². The number of nitrogens with one attached hydrogen (secondary N) is 1. The van der Waals surface area contributed by atoms with E-state index < -0.39 is 10.0 Å². The van der Waals surface area contributed by atoms with Crippen molar-refractivity contribution in [2.24, 2.45) is 0 Å². The van der Waals surface area contributed by atoms with Crippen LogP contribution in [0.4, 0.5) is 5.82 Å². The molecule has 0 unspecified atom stereocenters. The molecule has 5 nitrogen and oxygen atoms in total. The van der Waals surface area contributed by atoms with Crippen molar-refractivity contribution in [3.05, 3.63) is 46.3 Å². The number of nitrogens with zero attached hydrogens (tertiary/aromatic N) is 2. The third-order valence-corrected chi connectivity index (χ3v) is 3.92. The van der Waals surface area contributed by atoms with Crippen molar-refractivity contribution < 1.29 is 8.42 Å². The molecule has 2 aromatic rings. The van der Waals surface area contributed by atoms with Gasteiger partial charge in [-0.05, 0) is 36.2 Å². The van der Waals surface area contributed by atoms with Crippen molar-refractivity contribution in [2.45, 2.75) is 11.8 Å². The molecule has 1 heterocycles. The highest BCUT2D eigenvalue weighted by molar-refractivity contribution is 7.92. The van der Waals surface area contributed by atoms with E-state index in [0.717, 1.165) is 5.56 Å². The van der Waals surface area contributed by atoms with Gasteiger partial charge in [0.05, 0.1) is 4.90 Å². The molecule has 0 aliphatic carbocycles. The van der Waals surface area contributed by atoms with Gasteiger partial charge in [-0.2, -0.15) is 4.98 Å². The van der Waals surface area contributed by atoms with Crippen molar-refractivity contribution in [1.29, 1.82) is 0 Å².